The van der Waals surface area contributed by atoms with Gasteiger partial charge in [0.1, 0.15) is 0 Å². The van der Waals surface area contributed by atoms with Crippen LogP contribution >= 0.6 is 12.4 Å². The van der Waals surface area contributed by atoms with E-state index < -0.39 is 0 Å². The molecule has 1 saturated carbocycles. The summed E-state index contributed by atoms with van der Waals surface area (Å²) in [5.74, 6) is 0.692. The lowest BCUT2D eigenvalue weighted by molar-refractivity contribution is -0.124. The fourth-order valence-electron chi connectivity index (χ4n) is 3.92. The first kappa shape index (κ1) is 20.8. The predicted molar refractivity (Wildman–Crippen MR) is 113 cm³/mol. The Morgan fingerprint density at radius 1 is 1.29 bits per heavy atom. The van der Waals surface area contributed by atoms with Crippen LogP contribution in [-0.4, -0.2) is 42.0 Å². The number of nitrogens with one attached hydrogen (secondary N) is 2. The monoisotopic (exact) mass is 400 g/mol. The van der Waals surface area contributed by atoms with Crippen molar-refractivity contribution < 1.29 is 4.79 Å². The molecule has 6 heteroatoms. The van der Waals surface area contributed by atoms with Crippen LogP contribution in [0.3, 0.4) is 0 Å². The second-order valence-electron chi connectivity index (χ2n) is 7.77. The molecule has 2 fully saturated rings. The summed E-state index contributed by atoms with van der Waals surface area (Å²) in [7, 11) is 0. The molecule has 0 bridgehead atoms. The van der Waals surface area contributed by atoms with E-state index in [-0.39, 0.29) is 30.4 Å². The minimum atomic E-state index is 0. The van der Waals surface area contributed by atoms with Gasteiger partial charge in [0.25, 0.3) is 0 Å². The molecule has 1 aromatic carbocycles. The van der Waals surface area contributed by atoms with E-state index in [1.54, 1.807) is 6.20 Å². The van der Waals surface area contributed by atoms with E-state index in [4.69, 9.17) is 0 Å². The molecule has 1 amide bonds. The number of hydrogen-bond acceptors (Lipinski definition) is 4. The number of hydrogen-bond donors (Lipinski definition) is 2. The van der Waals surface area contributed by atoms with Crippen LogP contribution in [0.2, 0.25) is 0 Å². The molecule has 1 aromatic heterocycles. The lowest BCUT2D eigenvalue weighted by Crippen LogP contribution is -2.50. The fourth-order valence-corrected chi connectivity index (χ4v) is 3.92. The molecule has 2 aromatic rings. The van der Waals surface area contributed by atoms with Gasteiger partial charge in [0.15, 0.2) is 0 Å². The van der Waals surface area contributed by atoms with Gasteiger partial charge in [-0.2, -0.15) is 0 Å². The molecule has 5 nitrogen and oxygen atoms in total. The maximum atomic E-state index is 12.9. The van der Waals surface area contributed by atoms with E-state index in [0.717, 1.165) is 25.2 Å². The first-order valence-electron chi connectivity index (χ1n) is 9.91. The van der Waals surface area contributed by atoms with Crippen LogP contribution in [-0.2, 0) is 4.79 Å². The third-order valence-corrected chi connectivity index (χ3v) is 5.62. The van der Waals surface area contributed by atoms with Crippen LogP contribution in [0.25, 0.3) is 0 Å². The number of pyridine rings is 1. The molecule has 2 unspecified atom stereocenters. The number of rotatable bonds is 6. The molecule has 28 heavy (non-hydrogen) atoms. The highest BCUT2D eigenvalue weighted by atomic mass is 35.5. The van der Waals surface area contributed by atoms with Gasteiger partial charge in [-0.25, -0.2) is 0 Å². The molecular weight excluding hydrogens is 372 g/mol. The molecule has 1 saturated heterocycles. The van der Waals surface area contributed by atoms with Gasteiger partial charge in [-0.05, 0) is 42.9 Å². The molecule has 150 valence electrons. The summed E-state index contributed by atoms with van der Waals surface area (Å²) < 4.78 is 0. The van der Waals surface area contributed by atoms with E-state index >= 15 is 0 Å². The second-order valence-corrected chi connectivity index (χ2v) is 7.77. The van der Waals surface area contributed by atoms with Crippen molar-refractivity contribution in [1.82, 2.24) is 20.5 Å². The largest absolute Gasteiger partial charge is 0.348 e. The molecule has 2 atom stereocenters. The lowest BCUT2D eigenvalue weighted by Gasteiger charge is -2.36. The van der Waals surface area contributed by atoms with Crippen molar-refractivity contribution in [2.75, 3.05) is 26.2 Å². The number of aryl methyl sites for hydroxylation is 1. The number of aromatic nitrogens is 1. The Balaban J connectivity index is 0.00000225. The first-order chi connectivity index (χ1) is 13.2. The van der Waals surface area contributed by atoms with Gasteiger partial charge in [-0.15, -0.1) is 12.4 Å². The zero-order valence-corrected chi connectivity index (χ0v) is 17.1. The van der Waals surface area contributed by atoms with Crippen molar-refractivity contribution in [2.24, 2.45) is 5.92 Å². The van der Waals surface area contributed by atoms with Crippen molar-refractivity contribution in [3.8, 4) is 0 Å². The van der Waals surface area contributed by atoms with Gasteiger partial charge in [-0.1, -0.05) is 35.9 Å². The molecular formula is C22H29ClN4O. The minimum Gasteiger partial charge on any atom is -0.348 e. The van der Waals surface area contributed by atoms with Crippen LogP contribution in [0.15, 0.2) is 48.8 Å². The van der Waals surface area contributed by atoms with Gasteiger partial charge < -0.3 is 10.6 Å². The number of amides is 1. The molecule has 2 N–H and O–H groups in total. The molecule has 4 rings (SSSR count). The molecule has 2 aliphatic rings. The number of carbonyl (C=O) groups excluding carboxylic acids is 1. The Hall–Kier alpha value is -1.95. The molecule has 0 spiro atoms. The van der Waals surface area contributed by atoms with Crippen LogP contribution in [0.1, 0.15) is 41.6 Å². The number of carbonyl (C=O) groups is 1. The standard InChI is InChI=1S/C22H28N4O.ClH/c1-16-4-6-17(7-5-16)22(18-8-9-18)25-21(27)15-26-12-11-24-14-20(26)19-3-2-10-23-13-19;/h2-7,10,13,18,20,22,24H,8-9,11-12,14-15H2,1H3,(H,25,27);1H. The Morgan fingerprint density at radius 2 is 2.07 bits per heavy atom. The predicted octanol–water partition coefficient (Wildman–Crippen LogP) is 3.03. The maximum Gasteiger partial charge on any atom is 0.234 e. The molecule has 0 radical (unpaired) electrons. The maximum absolute atomic E-state index is 12.9. The quantitative estimate of drug-likeness (QED) is 0.782. The van der Waals surface area contributed by atoms with Crippen LogP contribution in [0, 0.1) is 12.8 Å². The Bertz CT molecular complexity index is 764. The highest BCUT2D eigenvalue weighted by Crippen LogP contribution is 2.41. The van der Waals surface area contributed by atoms with Crippen LogP contribution in [0.4, 0.5) is 0 Å². The fraction of sp³-hybridized carbons (Fsp3) is 0.455. The summed E-state index contributed by atoms with van der Waals surface area (Å²) in [5.41, 5.74) is 3.63. The third-order valence-electron chi connectivity index (χ3n) is 5.62. The summed E-state index contributed by atoms with van der Waals surface area (Å²) in [6.07, 6.45) is 6.09. The number of benzene rings is 1. The van der Waals surface area contributed by atoms with Gasteiger partial charge in [-0.3, -0.25) is 14.7 Å². The Kier molecular flexibility index (Phi) is 7.05. The van der Waals surface area contributed by atoms with E-state index in [1.807, 2.05) is 12.3 Å². The van der Waals surface area contributed by atoms with Gasteiger partial charge in [0.05, 0.1) is 12.6 Å². The topological polar surface area (TPSA) is 57.3 Å². The number of piperazine rings is 1. The highest BCUT2D eigenvalue weighted by molar-refractivity contribution is 5.85. The molecule has 2 heterocycles. The molecule has 1 aliphatic heterocycles. The van der Waals surface area contributed by atoms with Crippen LogP contribution < -0.4 is 10.6 Å². The van der Waals surface area contributed by atoms with Gasteiger partial charge >= 0.3 is 0 Å². The lowest BCUT2D eigenvalue weighted by atomic mass is 10.0. The van der Waals surface area contributed by atoms with E-state index in [1.165, 1.54) is 24.0 Å². The van der Waals surface area contributed by atoms with E-state index in [9.17, 15) is 4.79 Å². The normalized spacial score (nSPS) is 20.8. The summed E-state index contributed by atoms with van der Waals surface area (Å²) in [6, 6.07) is 13.0. The highest BCUT2D eigenvalue weighted by Gasteiger charge is 2.34. The molecule has 1 aliphatic carbocycles. The summed E-state index contributed by atoms with van der Waals surface area (Å²) in [5, 5.41) is 6.75. The van der Waals surface area contributed by atoms with Gasteiger partial charge in [0, 0.05) is 38.1 Å². The summed E-state index contributed by atoms with van der Waals surface area (Å²) in [6.45, 7) is 5.15. The SMILES string of the molecule is Cc1ccc(C(NC(=O)CN2CCNCC2c2cccnc2)C2CC2)cc1.Cl. The van der Waals surface area contributed by atoms with Crippen molar-refractivity contribution in [3.05, 3.63) is 65.5 Å². The average Bonchev–Trinajstić information content (AvgIpc) is 3.53. The zero-order chi connectivity index (χ0) is 18.6. The smallest absolute Gasteiger partial charge is 0.234 e. The van der Waals surface area contributed by atoms with Gasteiger partial charge in [0.2, 0.25) is 5.91 Å². The summed E-state index contributed by atoms with van der Waals surface area (Å²) in [4.78, 5) is 19.4. The van der Waals surface area contributed by atoms with Crippen molar-refractivity contribution in [2.45, 2.75) is 31.8 Å². The van der Waals surface area contributed by atoms with E-state index in [2.05, 4.69) is 57.8 Å². The van der Waals surface area contributed by atoms with Crippen molar-refractivity contribution in [3.63, 3.8) is 0 Å². The third kappa shape index (κ3) is 5.10. The Morgan fingerprint density at radius 3 is 2.75 bits per heavy atom. The second kappa shape index (κ2) is 9.50. The minimum absolute atomic E-state index is 0. The Labute approximate surface area is 173 Å². The number of nitrogens with zero attached hydrogens (tertiary/aromatic N) is 2. The van der Waals surface area contributed by atoms with E-state index in [0.29, 0.717) is 12.5 Å². The zero-order valence-electron chi connectivity index (χ0n) is 16.3. The first-order valence-corrected chi connectivity index (χ1v) is 9.91. The number of halogens is 1. The van der Waals surface area contributed by atoms with Crippen molar-refractivity contribution >= 4 is 18.3 Å². The summed E-state index contributed by atoms with van der Waals surface area (Å²) >= 11 is 0. The van der Waals surface area contributed by atoms with Crippen LogP contribution in [0.5, 0.6) is 0 Å². The van der Waals surface area contributed by atoms with Crippen molar-refractivity contribution in [1.29, 1.82) is 0 Å². The average molecular weight is 401 g/mol.